The Balaban J connectivity index is 2.17. The third kappa shape index (κ3) is 3.11. The molecular formula is C22H19Cl2N3O2. The highest BCUT2D eigenvalue weighted by Crippen LogP contribution is 2.36. The van der Waals surface area contributed by atoms with Gasteiger partial charge in [-0.25, -0.2) is 4.79 Å². The second-order valence-corrected chi connectivity index (χ2v) is 7.80. The monoisotopic (exact) mass is 427 g/mol. The number of rotatable bonds is 3. The number of aromatic nitrogens is 3. The molecule has 0 amide bonds. The molecule has 2 heterocycles. The Kier molecular flexibility index (Phi) is 4.89. The predicted molar refractivity (Wildman–Crippen MR) is 119 cm³/mol. The van der Waals surface area contributed by atoms with E-state index < -0.39 is 0 Å². The van der Waals surface area contributed by atoms with Crippen molar-refractivity contribution in [2.45, 2.75) is 13.3 Å². The SMILES string of the molecule is CCc1ccc(-n2cc3c(c2-c2ccc(Cl)cc2Cl)c(=O)n(C)c(=O)n3C)cc1. The van der Waals surface area contributed by atoms with E-state index in [2.05, 4.69) is 6.92 Å². The van der Waals surface area contributed by atoms with Crippen LogP contribution in [0.15, 0.2) is 58.3 Å². The van der Waals surface area contributed by atoms with Crippen LogP contribution >= 0.6 is 23.2 Å². The number of hydrogen-bond donors (Lipinski definition) is 0. The van der Waals surface area contributed by atoms with Gasteiger partial charge < -0.3 is 4.57 Å². The van der Waals surface area contributed by atoms with Crippen LogP contribution in [0.5, 0.6) is 0 Å². The standard InChI is InChI=1S/C22H19Cl2N3O2/c1-4-13-5-8-15(9-6-13)27-12-18-19(21(28)26(3)22(29)25(18)2)20(27)16-10-7-14(23)11-17(16)24/h5-12H,4H2,1-3H3. The molecule has 7 heteroatoms. The molecule has 0 atom stereocenters. The summed E-state index contributed by atoms with van der Waals surface area (Å²) in [4.78, 5) is 25.6. The molecule has 0 unspecified atom stereocenters. The summed E-state index contributed by atoms with van der Waals surface area (Å²) in [6, 6.07) is 13.3. The zero-order valence-electron chi connectivity index (χ0n) is 16.2. The highest BCUT2D eigenvalue weighted by molar-refractivity contribution is 6.36. The maximum Gasteiger partial charge on any atom is 0.330 e. The van der Waals surface area contributed by atoms with Crippen LogP contribution < -0.4 is 11.2 Å². The van der Waals surface area contributed by atoms with Crippen LogP contribution in [0.1, 0.15) is 12.5 Å². The lowest BCUT2D eigenvalue weighted by molar-refractivity contribution is 0.714. The van der Waals surface area contributed by atoms with Crippen LogP contribution in [0.4, 0.5) is 0 Å². The first kappa shape index (κ1) is 19.6. The maximum absolute atomic E-state index is 13.1. The second kappa shape index (κ2) is 7.25. The minimum atomic E-state index is -0.380. The molecular weight excluding hydrogens is 409 g/mol. The average Bonchev–Trinajstić information content (AvgIpc) is 3.11. The normalized spacial score (nSPS) is 11.3. The van der Waals surface area contributed by atoms with Gasteiger partial charge in [-0.2, -0.15) is 0 Å². The van der Waals surface area contributed by atoms with Crippen molar-refractivity contribution in [1.29, 1.82) is 0 Å². The molecule has 0 radical (unpaired) electrons. The molecule has 0 aliphatic rings. The average molecular weight is 428 g/mol. The van der Waals surface area contributed by atoms with Crippen LogP contribution in [0.25, 0.3) is 27.8 Å². The predicted octanol–water partition coefficient (Wildman–Crippen LogP) is 4.56. The Morgan fingerprint density at radius 3 is 2.24 bits per heavy atom. The zero-order chi connectivity index (χ0) is 20.9. The molecule has 0 N–H and O–H groups in total. The van der Waals surface area contributed by atoms with Crippen molar-refractivity contribution in [1.82, 2.24) is 13.7 Å². The third-order valence-corrected chi connectivity index (χ3v) is 5.80. The second-order valence-electron chi connectivity index (χ2n) is 6.96. The van der Waals surface area contributed by atoms with Crippen molar-refractivity contribution in [3.05, 3.63) is 85.1 Å². The summed E-state index contributed by atoms with van der Waals surface area (Å²) in [6.45, 7) is 2.09. The fraction of sp³-hybridized carbons (Fsp3) is 0.182. The van der Waals surface area contributed by atoms with Crippen LogP contribution in [-0.2, 0) is 20.5 Å². The van der Waals surface area contributed by atoms with Gasteiger partial charge in [0.2, 0.25) is 0 Å². The summed E-state index contributed by atoms with van der Waals surface area (Å²) in [5.74, 6) is 0. The number of aryl methyl sites for hydroxylation is 2. The maximum atomic E-state index is 13.1. The van der Waals surface area contributed by atoms with Gasteiger partial charge in [-0.05, 0) is 42.3 Å². The lowest BCUT2D eigenvalue weighted by Crippen LogP contribution is -2.36. The molecule has 2 aromatic heterocycles. The third-order valence-electron chi connectivity index (χ3n) is 5.25. The van der Waals surface area contributed by atoms with Gasteiger partial charge in [-0.1, -0.05) is 42.3 Å². The minimum Gasteiger partial charge on any atom is -0.314 e. The van der Waals surface area contributed by atoms with Crippen molar-refractivity contribution in [2.24, 2.45) is 14.1 Å². The fourth-order valence-corrected chi connectivity index (χ4v) is 4.08. The first-order chi connectivity index (χ1) is 13.8. The van der Waals surface area contributed by atoms with E-state index in [1.54, 1.807) is 31.4 Å². The van der Waals surface area contributed by atoms with Crippen molar-refractivity contribution in [3.8, 4) is 16.9 Å². The van der Waals surface area contributed by atoms with E-state index in [0.29, 0.717) is 32.2 Å². The Morgan fingerprint density at radius 2 is 1.62 bits per heavy atom. The van der Waals surface area contributed by atoms with Crippen molar-refractivity contribution >= 4 is 34.1 Å². The van der Waals surface area contributed by atoms with E-state index >= 15 is 0 Å². The Labute approximate surface area is 177 Å². The molecule has 2 aromatic carbocycles. The van der Waals surface area contributed by atoms with Gasteiger partial charge >= 0.3 is 5.69 Å². The van der Waals surface area contributed by atoms with Gasteiger partial charge in [0.05, 0.1) is 21.6 Å². The summed E-state index contributed by atoms with van der Waals surface area (Å²) >= 11 is 12.6. The van der Waals surface area contributed by atoms with Crippen molar-refractivity contribution < 1.29 is 0 Å². The zero-order valence-corrected chi connectivity index (χ0v) is 17.8. The summed E-state index contributed by atoms with van der Waals surface area (Å²) in [7, 11) is 3.13. The molecule has 0 spiro atoms. The van der Waals surface area contributed by atoms with E-state index in [9.17, 15) is 9.59 Å². The van der Waals surface area contributed by atoms with E-state index in [1.807, 2.05) is 28.8 Å². The van der Waals surface area contributed by atoms with E-state index in [4.69, 9.17) is 23.2 Å². The minimum absolute atomic E-state index is 0.368. The molecule has 0 aliphatic heterocycles. The van der Waals surface area contributed by atoms with Crippen molar-refractivity contribution in [2.75, 3.05) is 0 Å². The first-order valence-electron chi connectivity index (χ1n) is 9.19. The Hall–Kier alpha value is -2.76. The molecule has 0 fully saturated rings. The quantitative estimate of drug-likeness (QED) is 0.480. The molecule has 4 aromatic rings. The van der Waals surface area contributed by atoms with E-state index in [1.165, 1.54) is 17.2 Å². The van der Waals surface area contributed by atoms with Crippen LogP contribution in [0.2, 0.25) is 10.0 Å². The molecule has 0 bridgehead atoms. The number of halogens is 2. The molecule has 0 saturated heterocycles. The topological polar surface area (TPSA) is 48.9 Å². The first-order valence-corrected chi connectivity index (χ1v) is 9.95. The summed E-state index contributed by atoms with van der Waals surface area (Å²) in [6.07, 6.45) is 2.73. The van der Waals surface area contributed by atoms with Gasteiger partial charge in [-0.3, -0.25) is 13.9 Å². The molecule has 148 valence electrons. The number of nitrogens with zero attached hydrogens (tertiary/aromatic N) is 3. The fourth-order valence-electron chi connectivity index (χ4n) is 3.58. The van der Waals surface area contributed by atoms with Gasteiger partial charge in [0.1, 0.15) is 0 Å². The van der Waals surface area contributed by atoms with Gasteiger partial charge in [0.25, 0.3) is 5.56 Å². The molecule has 5 nitrogen and oxygen atoms in total. The van der Waals surface area contributed by atoms with Crippen LogP contribution in [0, 0.1) is 0 Å². The molecule has 4 rings (SSSR count). The lowest BCUT2D eigenvalue weighted by Gasteiger charge is -2.12. The van der Waals surface area contributed by atoms with Gasteiger partial charge in [-0.15, -0.1) is 0 Å². The lowest BCUT2D eigenvalue weighted by atomic mass is 10.1. The van der Waals surface area contributed by atoms with Gasteiger partial charge in [0, 0.05) is 36.6 Å². The molecule has 0 aliphatic carbocycles. The molecule has 0 saturated carbocycles. The number of benzene rings is 2. The summed E-state index contributed by atoms with van der Waals surface area (Å²) in [5, 5.41) is 1.37. The number of hydrogen-bond acceptors (Lipinski definition) is 2. The highest BCUT2D eigenvalue weighted by Gasteiger charge is 2.21. The highest BCUT2D eigenvalue weighted by atomic mass is 35.5. The molecule has 29 heavy (non-hydrogen) atoms. The van der Waals surface area contributed by atoms with Crippen molar-refractivity contribution in [3.63, 3.8) is 0 Å². The van der Waals surface area contributed by atoms with E-state index in [-0.39, 0.29) is 11.2 Å². The summed E-state index contributed by atoms with van der Waals surface area (Å²) < 4.78 is 4.49. The van der Waals surface area contributed by atoms with Crippen LogP contribution in [0.3, 0.4) is 0 Å². The summed E-state index contributed by atoms with van der Waals surface area (Å²) in [5.41, 5.74) is 3.17. The largest absolute Gasteiger partial charge is 0.330 e. The van der Waals surface area contributed by atoms with Gasteiger partial charge in [0.15, 0.2) is 0 Å². The Bertz CT molecular complexity index is 1360. The number of fused-ring (bicyclic) bond motifs is 1. The van der Waals surface area contributed by atoms with E-state index in [0.717, 1.165) is 16.7 Å². The Morgan fingerprint density at radius 1 is 0.931 bits per heavy atom. The van der Waals surface area contributed by atoms with Crippen LogP contribution in [-0.4, -0.2) is 13.7 Å². The smallest absolute Gasteiger partial charge is 0.314 e.